The Labute approximate surface area is 130 Å². The van der Waals surface area contributed by atoms with Crippen LogP contribution in [0, 0.1) is 11.8 Å². The molecule has 3 heteroatoms. The molecule has 0 amide bonds. The van der Waals surface area contributed by atoms with E-state index in [-0.39, 0.29) is 5.54 Å². The van der Waals surface area contributed by atoms with Crippen molar-refractivity contribution in [2.24, 2.45) is 11.8 Å². The first-order chi connectivity index (χ1) is 10.1. The highest BCUT2D eigenvalue weighted by atomic mass is 16.3. The van der Waals surface area contributed by atoms with Crippen LogP contribution in [-0.4, -0.2) is 47.3 Å². The fourth-order valence-corrected chi connectivity index (χ4v) is 4.70. The molecule has 0 aromatic rings. The normalized spacial score (nSPS) is 41.6. The minimum atomic E-state index is 0.0474. The van der Waals surface area contributed by atoms with Gasteiger partial charge in [0.1, 0.15) is 0 Å². The van der Waals surface area contributed by atoms with Crippen molar-refractivity contribution in [2.75, 3.05) is 19.7 Å². The highest BCUT2D eigenvalue weighted by Crippen LogP contribution is 2.40. The first-order valence-electron chi connectivity index (χ1n) is 9.27. The number of aliphatic hydroxyl groups is 1. The zero-order chi connectivity index (χ0) is 14.9. The van der Waals surface area contributed by atoms with Crippen molar-refractivity contribution in [2.45, 2.75) is 82.8 Å². The summed E-state index contributed by atoms with van der Waals surface area (Å²) >= 11 is 0. The van der Waals surface area contributed by atoms with Gasteiger partial charge < -0.3 is 15.3 Å². The minimum absolute atomic E-state index is 0.0474. The smallest absolute Gasteiger partial charge is 0.0616 e. The van der Waals surface area contributed by atoms with Gasteiger partial charge in [-0.1, -0.05) is 13.3 Å². The molecule has 0 bridgehead atoms. The number of nitrogens with zero attached hydrogens (tertiary/aromatic N) is 1. The average Bonchev–Trinajstić information content (AvgIpc) is 3.20. The zero-order valence-electron chi connectivity index (χ0n) is 14.0. The third-order valence-corrected chi connectivity index (χ3v) is 6.58. The molecule has 1 heterocycles. The number of aliphatic hydroxyl groups excluding tert-OH is 1. The maximum atomic E-state index is 10.0. The van der Waals surface area contributed by atoms with Gasteiger partial charge in [0.15, 0.2) is 0 Å². The molecule has 3 nitrogen and oxygen atoms in total. The predicted molar refractivity (Wildman–Crippen MR) is 87.4 cm³/mol. The van der Waals surface area contributed by atoms with Crippen molar-refractivity contribution < 1.29 is 5.11 Å². The fourth-order valence-electron chi connectivity index (χ4n) is 4.70. The van der Waals surface area contributed by atoms with Crippen molar-refractivity contribution in [1.82, 2.24) is 10.2 Å². The quantitative estimate of drug-likeness (QED) is 0.791. The Morgan fingerprint density at radius 3 is 2.67 bits per heavy atom. The largest absolute Gasteiger partial charge is 0.394 e. The summed E-state index contributed by atoms with van der Waals surface area (Å²) in [6.45, 7) is 7.64. The van der Waals surface area contributed by atoms with Crippen LogP contribution in [0.15, 0.2) is 0 Å². The zero-order valence-corrected chi connectivity index (χ0v) is 14.0. The van der Waals surface area contributed by atoms with Gasteiger partial charge in [0.2, 0.25) is 0 Å². The van der Waals surface area contributed by atoms with E-state index in [1.54, 1.807) is 0 Å². The Hall–Kier alpha value is -0.120. The molecule has 122 valence electrons. The topological polar surface area (TPSA) is 35.5 Å². The van der Waals surface area contributed by atoms with Gasteiger partial charge in [-0.3, -0.25) is 0 Å². The number of likely N-dealkylation sites (tertiary alicyclic amines) is 1. The van der Waals surface area contributed by atoms with E-state index in [2.05, 4.69) is 24.1 Å². The van der Waals surface area contributed by atoms with Crippen LogP contribution in [0.25, 0.3) is 0 Å². The summed E-state index contributed by atoms with van der Waals surface area (Å²) in [5.74, 6) is 1.52. The van der Waals surface area contributed by atoms with Crippen molar-refractivity contribution in [3.63, 3.8) is 0 Å². The average molecular weight is 294 g/mol. The van der Waals surface area contributed by atoms with E-state index in [4.69, 9.17) is 0 Å². The third kappa shape index (κ3) is 3.46. The van der Waals surface area contributed by atoms with Crippen molar-refractivity contribution >= 4 is 0 Å². The highest BCUT2D eigenvalue weighted by molar-refractivity contribution is 5.03. The van der Waals surface area contributed by atoms with Gasteiger partial charge in [-0.15, -0.1) is 0 Å². The van der Waals surface area contributed by atoms with Gasteiger partial charge in [-0.2, -0.15) is 0 Å². The maximum absolute atomic E-state index is 10.0. The van der Waals surface area contributed by atoms with Gasteiger partial charge in [-0.05, 0) is 76.8 Å². The molecule has 21 heavy (non-hydrogen) atoms. The standard InChI is InChI=1S/C18H34N2O/c1-14-5-4-11-20(15(14)2)12-9-16-6-3-10-18(16,13-21)19-17-7-8-17/h14-17,19,21H,3-13H2,1-2H3. The molecule has 3 aliphatic rings. The van der Waals surface area contributed by atoms with Crippen molar-refractivity contribution in [3.05, 3.63) is 0 Å². The molecule has 0 aromatic heterocycles. The van der Waals surface area contributed by atoms with Crippen LogP contribution in [0.3, 0.4) is 0 Å². The molecular weight excluding hydrogens is 260 g/mol. The number of piperidine rings is 1. The first-order valence-corrected chi connectivity index (χ1v) is 9.27. The number of hydrogen-bond donors (Lipinski definition) is 2. The predicted octanol–water partition coefficient (Wildman–Crippen LogP) is 2.78. The fraction of sp³-hybridized carbons (Fsp3) is 1.00. The lowest BCUT2D eigenvalue weighted by molar-refractivity contribution is 0.0805. The summed E-state index contributed by atoms with van der Waals surface area (Å²) in [5.41, 5.74) is 0.0474. The van der Waals surface area contributed by atoms with Crippen LogP contribution in [0.5, 0.6) is 0 Å². The van der Waals surface area contributed by atoms with E-state index in [0.717, 1.165) is 12.0 Å². The van der Waals surface area contributed by atoms with E-state index in [0.29, 0.717) is 18.6 Å². The molecule has 2 aliphatic carbocycles. The minimum Gasteiger partial charge on any atom is -0.394 e. The van der Waals surface area contributed by atoms with Gasteiger partial charge in [0, 0.05) is 17.6 Å². The van der Waals surface area contributed by atoms with Gasteiger partial charge >= 0.3 is 0 Å². The van der Waals surface area contributed by atoms with E-state index in [1.165, 1.54) is 64.5 Å². The Morgan fingerprint density at radius 2 is 1.95 bits per heavy atom. The molecule has 0 radical (unpaired) electrons. The lowest BCUT2D eigenvalue weighted by Crippen LogP contribution is -2.53. The molecule has 4 atom stereocenters. The van der Waals surface area contributed by atoms with Crippen LogP contribution in [-0.2, 0) is 0 Å². The summed E-state index contributed by atoms with van der Waals surface area (Å²) in [7, 11) is 0. The number of nitrogens with one attached hydrogen (secondary N) is 1. The molecule has 1 saturated heterocycles. The lowest BCUT2D eigenvalue weighted by atomic mass is 9.84. The molecule has 0 spiro atoms. The second-order valence-corrected chi connectivity index (χ2v) is 8.01. The SMILES string of the molecule is CC1CCCN(CCC2CCCC2(CO)NC2CC2)C1C. The van der Waals surface area contributed by atoms with Gasteiger partial charge in [0.05, 0.1) is 6.61 Å². The number of rotatable bonds is 6. The van der Waals surface area contributed by atoms with Crippen molar-refractivity contribution in [1.29, 1.82) is 0 Å². The molecule has 4 unspecified atom stereocenters. The first kappa shape index (κ1) is 15.8. The Kier molecular flexibility index (Phi) is 4.92. The summed E-state index contributed by atoms with van der Waals surface area (Å²) in [5, 5.41) is 13.8. The number of hydrogen-bond acceptors (Lipinski definition) is 3. The van der Waals surface area contributed by atoms with E-state index in [1.807, 2.05) is 0 Å². The summed E-state index contributed by atoms with van der Waals surface area (Å²) in [4.78, 5) is 2.70. The molecule has 2 saturated carbocycles. The Bertz CT molecular complexity index is 344. The highest BCUT2D eigenvalue weighted by Gasteiger charge is 2.45. The molecule has 1 aliphatic heterocycles. The molecular formula is C18H34N2O. The van der Waals surface area contributed by atoms with Crippen LogP contribution in [0.4, 0.5) is 0 Å². The van der Waals surface area contributed by atoms with E-state index in [9.17, 15) is 5.11 Å². The van der Waals surface area contributed by atoms with Crippen LogP contribution < -0.4 is 5.32 Å². The Balaban J connectivity index is 1.55. The van der Waals surface area contributed by atoms with Gasteiger partial charge in [-0.25, -0.2) is 0 Å². The van der Waals surface area contributed by atoms with Crippen molar-refractivity contribution in [3.8, 4) is 0 Å². The van der Waals surface area contributed by atoms with Gasteiger partial charge in [0.25, 0.3) is 0 Å². The second kappa shape index (κ2) is 6.55. The van der Waals surface area contributed by atoms with Crippen LogP contribution in [0.2, 0.25) is 0 Å². The summed E-state index contributed by atoms with van der Waals surface area (Å²) in [6.07, 6.45) is 10.4. The molecule has 3 fully saturated rings. The Morgan fingerprint density at radius 1 is 1.14 bits per heavy atom. The second-order valence-electron chi connectivity index (χ2n) is 8.01. The van der Waals surface area contributed by atoms with Crippen LogP contribution in [0.1, 0.15) is 65.2 Å². The summed E-state index contributed by atoms with van der Waals surface area (Å²) < 4.78 is 0. The maximum Gasteiger partial charge on any atom is 0.0616 e. The molecule has 3 rings (SSSR count). The monoisotopic (exact) mass is 294 g/mol. The lowest BCUT2D eigenvalue weighted by Gasteiger charge is -2.40. The third-order valence-electron chi connectivity index (χ3n) is 6.58. The molecule has 0 aromatic carbocycles. The molecule has 2 N–H and O–H groups in total. The summed E-state index contributed by atoms with van der Waals surface area (Å²) in [6, 6.07) is 1.44. The van der Waals surface area contributed by atoms with Crippen LogP contribution >= 0.6 is 0 Å². The van der Waals surface area contributed by atoms with E-state index < -0.39 is 0 Å². The van der Waals surface area contributed by atoms with E-state index >= 15 is 0 Å².